The fourth-order valence-electron chi connectivity index (χ4n) is 1.95. The molecule has 0 radical (unpaired) electrons. The fraction of sp³-hybridized carbons (Fsp3) is 0.188. The van der Waals surface area contributed by atoms with Gasteiger partial charge in [-0.3, -0.25) is 4.79 Å². The molecule has 0 fully saturated rings. The third-order valence-corrected chi connectivity index (χ3v) is 3.14. The van der Waals surface area contributed by atoms with Crippen molar-refractivity contribution in [3.63, 3.8) is 0 Å². The number of amides is 1. The van der Waals surface area contributed by atoms with Crippen LogP contribution in [0.5, 0.6) is 5.75 Å². The van der Waals surface area contributed by atoms with Gasteiger partial charge in [0, 0.05) is 6.54 Å². The van der Waals surface area contributed by atoms with Crippen molar-refractivity contribution >= 4 is 5.91 Å². The molecule has 122 valence electrons. The van der Waals surface area contributed by atoms with Crippen LogP contribution in [-0.4, -0.2) is 13.0 Å². The van der Waals surface area contributed by atoms with E-state index >= 15 is 0 Å². The van der Waals surface area contributed by atoms with Crippen molar-refractivity contribution < 1.29 is 27.1 Å². The summed E-state index contributed by atoms with van der Waals surface area (Å²) < 4.78 is 55.6. The molecule has 3 nitrogen and oxygen atoms in total. The molecule has 0 saturated carbocycles. The van der Waals surface area contributed by atoms with E-state index in [0.29, 0.717) is 5.56 Å². The molecule has 0 bridgehead atoms. The zero-order valence-corrected chi connectivity index (χ0v) is 12.1. The van der Waals surface area contributed by atoms with E-state index in [0.717, 1.165) is 24.3 Å². The number of methoxy groups -OCH3 is 1. The number of carbonyl (C=O) groups excluding carboxylic acids is 1. The summed E-state index contributed by atoms with van der Waals surface area (Å²) in [4.78, 5) is 12.0. The predicted molar refractivity (Wildman–Crippen MR) is 75.6 cm³/mol. The molecule has 23 heavy (non-hydrogen) atoms. The van der Waals surface area contributed by atoms with Gasteiger partial charge in [0.25, 0.3) is 5.91 Å². The van der Waals surface area contributed by atoms with Crippen LogP contribution in [0.15, 0.2) is 42.5 Å². The Bertz CT molecular complexity index is 696. The van der Waals surface area contributed by atoms with Crippen LogP contribution in [0.1, 0.15) is 21.5 Å². The van der Waals surface area contributed by atoms with E-state index < -0.39 is 23.5 Å². The third-order valence-electron chi connectivity index (χ3n) is 3.14. The number of nitrogens with one attached hydrogen (secondary N) is 1. The number of benzene rings is 2. The standard InChI is InChI=1S/C16H13F4NO2/c1-23-14-7-6-12(17)8-13(14)15(22)21-9-10-2-4-11(5-3-10)16(18,19)20/h2-8H,9H2,1H3,(H,21,22). The van der Waals surface area contributed by atoms with Crippen molar-refractivity contribution in [2.45, 2.75) is 12.7 Å². The Morgan fingerprint density at radius 3 is 2.35 bits per heavy atom. The minimum Gasteiger partial charge on any atom is -0.496 e. The third kappa shape index (κ3) is 4.21. The Morgan fingerprint density at radius 2 is 1.78 bits per heavy atom. The number of alkyl halides is 3. The predicted octanol–water partition coefficient (Wildman–Crippen LogP) is 3.78. The zero-order chi connectivity index (χ0) is 17.0. The van der Waals surface area contributed by atoms with E-state index in [2.05, 4.69) is 5.32 Å². The average molecular weight is 327 g/mol. The molecule has 0 aliphatic heterocycles. The van der Waals surface area contributed by atoms with Crippen molar-refractivity contribution in [1.82, 2.24) is 5.32 Å². The number of halogens is 4. The monoisotopic (exact) mass is 327 g/mol. The van der Waals surface area contributed by atoms with Crippen LogP contribution < -0.4 is 10.1 Å². The molecule has 0 unspecified atom stereocenters. The Kier molecular flexibility index (Phi) is 4.88. The maximum atomic E-state index is 13.2. The first-order valence-corrected chi connectivity index (χ1v) is 6.59. The summed E-state index contributed by atoms with van der Waals surface area (Å²) in [7, 11) is 1.35. The molecule has 0 aliphatic carbocycles. The maximum Gasteiger partial charge on any atom is 0.416 e. The topological polar surface area (TPSA) is 38.3 Å². The smallest absolute Gasteiger partial charge is 0.416 e. The van der Waals surface area contributed by atoms with Gasteiger partial charge < -0.3 is 10.1 Å². The van der Waals surface area contributed by atoms with Gasteiger partial charge in [-0.2, -0.15) is 13.2 Å². The normalized spacial score (nSPS) is 11.2. The van der Waals surface area contributed by atoms with E-state index in [9.17, 15) is 22.4 Å². The average Bonchev–Trinajstić information content (AvgIpc) is 2.52. The lowest BCUT2D eigenvalue weighted by Crippen LogP contribution is -2.23. The van der Waals surface area contributed by atoms with Gasteiger partial charge in [-0.25, -0.2) is 4.39 Å². The van der Waals surface area contributed by atoms with E-state index in [-0.39, 0.29) is 17.9 Å². The van der Waals surface area contributed by atoms with E-state index in [1.54, 1.807) is 0 Å². The Morgan fingerprint density at radius 1 is 1.13 bits per heavy atom. The van der Waals surface area contributed by atoms with Crippen LogP contribution in [0.3, 0.4) is 0 Å². The summed E-state index contributed by atoms with van der Waals surface area (Å²) in [5, 5.41) is 2.51. The molecule has 7 heteroatoms. The molecule has 0 aliphatic rings. The van der Waals surface area contributed by atoms with Gasteiger partial charge in [0.05, 0.1) is 18.2 Å². The number of hydrogen-bond acceptors (Lipinski definition) is 2. The minimum atomic E-state index is -4.41. The lowest BCUT2D eigenvalue weighted by molar-refractivity contribution is -0.137. The van der Waals surface area contributed by atoms with Gasteiger partial charge in [0.1, 0.15) is 11.6 Å². The fourth-order valence-corrected chi connectivity index (χ4v) is 1.95. The second-order valence-corrected chi connectivity index (χ2v) is 4.72. The van der Waals surface area contributed by atoms with Crippen LogP contribution in [0, 0.1) is 5.82 Å². The molecule has 0 atom stereocenters. The zero-order valence-electron chi connectivity index (χ0n) is 12.1. The molecular formula is C16H13F4NO2. The highest BCUT2D eigenvalue weighted by atomic mass is 19.4. The molecule has 0 saturated heterocycles. The van der Waals surface area contributed by atoms with Crippen molar-refractivity contribution in [2.75, 3.05) is 7.11 Å². The van der Waals surface area contributed by atoms with Crippen molar-refractivity contribution in [2.24, 2.45) is 0 Å². The van der Waals surface area contributed by atoms with Crippen LogP contribution >= 0.6 is 0 Å². The summed E-state index contributed by atoms with van der Waals surface area (Å²) >= 11 is 0. The highest BCUT2D eigenvalue weighted by Gasteiger charge is 2.29. The van der Waals surface area contributed by atoms with Gasteiger partial charge in [-0.15, -0.1) is 0 Å². The SMILES string of the molecule is COc1ccc(F)cc1C(=O)NCc1ccc(C(F)(F)F)cc1. The second-order valence-electron chi connectivity index (χ2n) is 4.72. The lowest BCUT2D eigenvalue weighted by Gasteiger charge is -2.10. The molecule has 2 aromatic carbocycles. The summed E-state index contributed by atoms with van der Waals surface area (Å²) in [5.41, 5.74) is -0.263. The number of ether oxygens (including phenoxy) is 1. The minimum absolute atomic E-state index is 0.0106. The van der Waals surface area contributed by atoms with Gasteiger partial charge in [0.15, 0.2) is 0 Å². The molecule has 2 rings (SSSR count). The van der Waals surface area contributed by atoms with Gasteiger partial charge >= 0.3 is 6.18 Å². The molecule has 0 aromatic heterocycles. The molecule has 0 spiro atoms. The summed E-state index contributed by atoms with van der Waals surface area (Å²) in [5.74, 6) is -0.969. The molecular weight excluding hydrogens is 314 g/mol. The Hall–Kier alpha value is -2.57. The summed E-state index contributed by atoms with van der Waals surface area (Å²) in [6.07, 6.45) is -4.41. The second kappa shape index (κ2) is 6.68. The highest BCUT2D eigenvalue weighted by molar-refractivity contribution is 5.96. The first-order valence-electron chi connectivity index (χ1n) is 6.59. The molecule has 2 aromatic rings. The molecule has 1 amide bonds. The van der Waals surface area contributed by atoms with Gasteiger partial charge in [-0.05, 0) is 35.9 Å². The van der Waals surface area contributed by atoms with Crippen LogP contribution in [0.4, 0.5) is 17.6 Å². The molecule has 1 N–H and O–H groups in total. The van der Waals surface area contributed by atoms with Crippen LogP contribution in [-0.2, 0) is 12.7 Å². The molecule has 0 heterocycles. The van der Waals surface area contributed by atoms with Crippen LogP contribution in [0.25, 0.3) is 0 Å². The first-order chi connectivity index (χ1) is 10.8. The summed E-state index contributed by atoms with van der Waals surface area (Å²) in [6.45, 7) is 0.0106. The highest BCUT2D eigenvalue weighted by Crippen LogP contribution is 2.29. The van der Waals surface area contributed by atoms with Gasteiger partial charge in [-0.1, -0.05) is 12.1 Å². The van der Waals surface area contributed by atoms with E-state index in [4.69, 9.17) is 4.74 Å². The number of rotatable bonds is 4. The summed E-state index contributed by atoms with van der Waals surface area (Å²) in [6, 6.07) is 7.92. The van der Waals surface area contributed by atoms with Crippen molar-refractivity contribution in [3.8, 4) is 5.75 Å². The quantitative estimate of drug-likeness (QED) is 0.868. The number of carbonyl (C=O) groups is 1. The Balaban J connectivity index is 2.06. The Labute approximate surface area is 129 Å². The van der Waals surface area contributed by atoms with E-state index in [1.807, 2.05) is 0 Å². The largest absolute Gasteiger partial charge is 0.496 e. The van der Waals surface area contributed by atoms with Gasteiger partial charge in [0.2, 0.25) is 0 Å². The van der Waals surface area contributed by atoms with Crippen LogP contribution in [0.2, 0.25) is 0 Å². The van der Waals surface area contributed by atoms with E-state index in [1.165, 1.54) is 25.3 Å². The van der Waals surface area contributed by atoms with Crippen molar-refractivity contribution in [1.29, 1.82) is 0 Å². The number of hydrogen-bond donors (Lipinski definition) is 1. The van der Waals surface area contributed by atoms with Crippen molar-refractivity contribution in [3.05, 3.63) is 65.0 Å². The lowest BCUT2D eigenvalue weighted by atomic mass is 10.1. The first kappa shape index (κ1) is 16.8. The maximum absolute atomic E-state index is 13.2.